The molecule has 4 rings (SSSR count). The average molecular weight is 425 g/mol. The van der Waals surface area contributed by atoms with Gasteiger partial charge in [0, 0.05) is 18.4 Å². The summed E-state index contributed by atoms with van der Waals surface area (Å²) in [5.74, 6) is -0.278. The molecule has 0 aliphatic heterocycles. The number of carbonyl (C=O) groups excluding carboxylic acids is 1. The number of tetrazole rings is 1. The molecule has 1 N–H and O–H groups in total. The molecule has 11 heteroatoms. The maximum absolute atomic E-state index is 14.1. The molecule has 0 bridgehead atoms. The summed E-state index contributed by atoms with van der Waals surface area (Å²) in [6, 6.07) is 8.66. The van der Waals surface area contributed by atoms with Gasteiger partial charge < -0.3 is 9.84 Å². The molecule has 0 saturated carbocycles. The number of aryl methyl sites for hydroxylation is 3. The highest BCUT2D eigenvalue weighted by molar-refractivity contribution is 5.91. The van der Waals surface area contributed by atoms with Crippen LogP contribution < -0.4 is 5.32 Å². The van der Waals surface area contributed by atoms with Gasteiger partial charge in [-0.25, -0.2) is 8.78 Å². The number of halogens is 2. The minimum Gasteiger partial charge on any atom is -0.339 e. The van der Waals surface area contributed by atoms with E-state index in [0.717, 1.165) is 0 Å². The second-order valence-corrected chi connectivity index (χ2v) is 6.83. The highest BCUT2D eigenvalue weighted by atomic mass is 19.1. The number of anilines is 1. The second kappa shape index (κ2) is 8.38. The SMILES string of the molecule is Cc1cc(-c2noc(CCC(=O)Nc3cc(-n4nnnc4C)ccc3F)n2)ccc1F. The Hall–Kier alpha value is -4.02. The lowest BCUT2D eigenvalue weighted by Crippen LogP contribution is -2.14. The van der Waals surface area contributed by atoms with Crippen molar-refractivity contribution in [3.8, 4) is 17.1 Å². The number of amides is 1. The molecule has 31 heavy (non-hydrogen) atoms. The van der Waals surface area contributed by atoms with Crippen molar-refractivity contribution in [2.24, 2.45) is 0 Å². The summed E-state index contributed by atoms with van der Waals surface area (Å²) in [5.41, 5.74) is 1.58. The van der Waals surface area contributed by atoms with Gasteiger partial charge in [-0.15, -0.1) is 5.10 Å². The molecule has 158 valence electrons. The molecule has 0 unspecified atom stereocenters. The first-order chi connectivity index (χ1) is 14.9. The minimum atomic E-state index is -0.588. The first-order valence-electron chi connectivity index (χ1n) is 9.34. The molecule has 9 nitrogen and oxygen atoms in total. The summed E-state index contributed by atoms with van der Waals surface area (Å²) in [6.45, 7) is 3.34. The van der Waals surface area contributed by atoms with Gasteiger partial charge in [0.2, 0.25) is 17.6 Å². The van der Waals surface area contributed by atoms with E-state index in [0.29, 0.717) is 28.5 Å². The maximum Gasteiger partial charge on any atom is 0.227 e. The predicted molar refractivity (Wildman–Crippen MR) is 105 cm³/mol. The van der Waals surface area contributed by atoms with E-state index in [1.807, 2.05) is 0 Å². The zero-order chi connectivity index (χ0) is 22.0. The van der Waals surface area contributed by atoms with Crippen molar-refractivity contribution < 1.29 is 18.1 Å². The largest absolute Gasteiger partial charge is 0.339 e. The Labute approximate surface area is 175 Å². The molecule has 2 aromatic carbocycles. The van der Waals surface area contributed by atoms with Crippen LogP contribution in [0.3, 0.4) is 0 Å². The summed E-state index contributed by atoms with van der Waals surface area (Å²) in [5, 5.41) is 17.5. The Morgan fingerprint density at radius 2 is 1.94 bits per heavy atom. The van der Waals surface area contributed by atoms with Crippen LogP contribution in [0.15, 0.2) is 40.9 Å². The van der Waals surface area contributed by atoms with E-state index in [1.165, 1.54) is 28.9 Å². The van der Waals surface area contributed by atoms with Crippen molar-refractivity contribution >= 4 is 11.6 Å². The van der Waals surface area contributed by atoms with Crippen LogP contribution in [0.2, 0.25) is 0 Å². The fourth-order valence-electron chi connectivity index (χ4n) is 2.90. The van der Waals surface area contributed by atoms with Crippen LogP contribution in [0.1, 0.15) is 23.7 Å². The molecule has 0 fully saturated rings. The summed E-state index contributed by atoms with van der Waals surface area (Å²) in [7, 11) is 0. The topological polar surface area (TPSA) is 112 Å². The molecule has 1 amide bonds. The third-order valence-electron chi connectivity index (χ3n) is 4.54. The van der Waals surface area contributed by atoms with E-state index in [9.17, 15) is 13.6 Å². The summed E-state index contributed by atoms with van der Waals surface area (Å²) in [4.78, 5) is 16.5. The summed E-state index contributed by atoms with van der Waals surface area (Å²) in [6.07, 6.45) is 0.157. The van der Waals surface area contributed by atoms with Crippen molar-refractivity contribution in [3.63, 3.8) is 0 Å². The van der Waals surface area contributed by atoms with Gasteiger partial charge in [-0.1, -0.05) is 5.16 Å². The van der Waals surface area contributed by atoms with E-state index < -0.39 is 11.7 Å². The maximum atomic E-state index is 14.1. The molecular weight excluding hydrogens is 408 g/mol. The van der Waals surface area contributed by atoms with Crippen molar-refractivity contribution in [2.45, 2.75) is 26.7 Å². The van der Waals surface area contributed by atoms with Gasteiger partial charge in [0.05, 0.1) is 11.4 Å². The minimum absolute atomic E-state index is 0.00233. The molecule has 2 heterocycles. The van der Waals surface area contributed by atoms with Gasteiger partial charge in [0.25, 0.3) is 0 Å². The molecule has 0 saturated heterocycles. The van der Waals surface area contributed by atoms with E-state index in [4.69, 9.17) is 4.52 Å². The van der Waals surface area contributed by atoms with Crippen molar-refractivity contribution in [1.82, 2.24) is 30.3 Å². The van der Waals surface area contributed by atoms with Crippen molar-refractivity contribution in [3.05, 3.63) is 65.3 Å². The highest BCUT2D eigenvalue weighted by Gasteiger charge is 2.14. The Bertz CT molecular complexity index is 1250. The van der Waals surface area contributed by atoms with Gasteiger partial charge in [-0.3, -0.25) is 4.79 Å². The van der Waals surface area contributed by atoms with Crippen LogP contribution in [-0.2, 0) is 11.2 Å². The Morgan fingerprint density at radius 1 is 1.13 bits per heavy atom. The molecule has 0 radical (unpaired) electrons. The van der Waals surface area contributed by atoms with Crippen LogP contribution in [0.5, 0.6) is 0 Å². The van der Waals surface area contributed by atoms with Crippen LogP contribution in [-0.4, -0.2) is 36.3 Å². The molecule has 0 aliphatic rings. The lowest BCUT2D eigenvalue weighted by molar-refractivity contribution is -0.116. The predicted octanol–water partition coefficient (Wildman–Crippen LogP) is 3.18. The molecule has 0 atom stereocenters. The number of rotatable bonds is 6. The van der Waals surface area contributed by atoms with E-state index in [-0.39, 0.29) is 30.2 Å². The summed E-state index contributed by atoms with van der Waals surface area (Å²) >= 11 is 0. The van der Waals surface area contributed by atoms with Gasteiger partial charge >= 0.3 is 0 Å². The fourth-order valence-corrected chi connectivity index (χ4v) is 2.90. The van der Waals surface area contributed by atoms with E-state index in [2.05, 4.69) is 31.0 Å². The van der Waals surface area contributed by atoms with Crippen LogP contribution in [0.25, 0.3) is 17.1 Å². The van der Waals surface area contributed by atoms with E-state index >= 15 is 0 Å². The lowest BCUT2D eigenvalue weighted by Gasteiger charge is -2.08. The first-order valence-corrected chi connectivity index (χ1v) is 9.34. The van der Waals surface area contributed by atoms with Crippen molar-refractivity contribution in [1.29, 1.82) is 0 Å². The third-order valence-corrected chi connectivity index (χ3v) is 4.54. The highest BCUT2D eigenvalue weighted by Crippen LogP contribution is 2.21. The van der Waals surface area contributed by atoms with Crippen LogP contribution in [0.4, 0.5) is 14.5 Å². The molecular formula is C20H17F2N7O2. The monoisotopic (exact) mass is 425 g/mol. The van der Waals surface area contributed by atoms with Gasteiger partial charge in [0.15, 0.2) is 5.82 Å². The molecule has 4 aromatic rings. The Morgan fingerprint density at radius 3 is 2.68 bits per heavy atom. The zero-order valence-corrected chi connectivity index (χ0v) is 16.6. The number of nitrogens with one attached hydrogen (secondary N) is 1. The average Bonchev–Trinajstić information content (AvgIpc) is 3.39. The number of benzene rings is 2. The standard InChI is InChI=1S/C20H17F2N7O2/c1-11-9-13(3-5-15(11)21)20-24-19(31-26-20)8-7-18(30)23-17-10-14(4-6-16(17)22)29-12(2)25-27-28-29/h3-6,9-10H,7-8H2,1-2H3,(H,23,30). The quantitative estimate of drug-likeness (QED) is 0.505. The molecule has 0 aliphatic carbocycles. The van der Waals surface area contributed by atoms with Crippen molar-refractivity contribution in [2.75, 3.05) is 5.32 Å². The van der Waals surface area contributed by atoms with Crippen LogP contribution in [0, 0.1) is 25.5 Å². The number of nitrogens with zero attached hydrogens (tertiary/aromatic N) is 6. The first kappa shape index (κ1) is 20.3. The normalized spacial score (nSPS) is 11.0. The van der Waals surface area contributed by atoms with Gasteiger partial charge in [-0.05, 0) is 66.2 Å². The smallest absolute Gasteiger partial charge is 0.227 e. The summed E-state index contributed by atoms with van der Waals surface area (Å²) < 4.78 is 34.1. The van der Waals surface area contributed by atoms with Gasteiger partial charge in [-0.2, -0.15) is 9.67 Å². The fraction of sp³-hybridized carbons (Fsp3) is 0.200. The number of hydrogen-bond acceptors (Lipinski definition) is 7. The second-order valence-electron chi connectivity index (χ2n) is 6.83. The molecule has 2 aromatic heterocycles. The Kier molecular flexibility index (Phi) is 5.48. The number of carbonyl (C=O) groups is 1. The van der Waals surface area contributed by atoms with Gasteiger partial charge in [0.1, 0.15) is 11.6 Å². The lowest BCUT2D eigenvalue weighted by atomic mass is 10.1. The molecule has 0 spiro atoms. The number of hydrogen-bond donors (Lipinski definition) is 1. The van der Waals surface area contributed by atoms with E-state index in [1.54, 1.807) is 26.0 Å². The third kappa shape index (κ3) is 4.44. The van der Waals surface area contributed by atoms with Crippen LogP contribution >= 0.6 is 0 Å². The Balaban J connectivity index is 1.40. The number of aromatic nitrogens is 6. The zero-order valence-electron chi connectivity index (χ0n) is 16.6.